The molecule has 0 saturated heterocycles. The molecule has 118 valence electrons. The van der Waals surface area contributed by atoms with Gasteiger partial charge in [-0.2, -0.15) is 5.10 Å². The number of carbonyl (C=O) groups is 1. The van der Waals surface area contributed by atoms with E-state index in [9.17, 15) is 9.90 Å². The van der Waals surface area contributed by atoms with Gasteiger partial charge >= 0.3 is 5.97 Å². The first kappa shape index (κ1) is 16.4. The normalized spacial score (nSPS) is 13.7. The van der Waals surface area contributed by atoms with E-state index in [4.69, 9.17) is 5.11 Å². The van der Waals surface area contributed by atoms with Gasteiger partial charge in [0.05, 0.1) is 11.5 Å². The summed E-state index contributed by atoms with van der Waals surface area (Å²) in [7, 11) is 0. The van der Waals surface area contributed by atoms with Gasteiger partial charge in [-0.05, 0) is 26.0 Å². The van der Waals surface area contributed by atoms with E-state index >= 15 is 0 Å². The first-order valence-electron chi connectivity index (χ1n) is 7.11. The number of phenolic OH excluding ortho intramolecular Hbond substituents is 1. The van der Waals surface area contributed by atoms with Crippen molar-refractivity contribution in [1.29, 1.82) is 0 Å². The number of rotatable bonds is 6. The van der Waals surface area contributed by atoms with Crippen molar-refractivity contribution in [3.05, 3.63) is 23.8 Å². The van der Waals surface area contributed by atoms with Gasteiger partial charge in [-0.1, -0.05) is 11.8 Å². The summed E-state index contributed by atoms with van der Waals surface area (Å²) in [5.41, 5.74) is 2.27. The van der Waals surface area contributed by atoms with Crippen LogP contribution in [0.5, 0.6) is 5.75 Å². The first-order chi connectivity index (χ1) is 10.5. The van der Waals surface area contributed by atoms with Gasteiger partial charge in [0, 0.05) is 36.8 Å². The molecule has 0 spiro atoms. The number of nitrogens with zero attached hydrogens (tertiary/aromatic N) is 3. The van der Waals surface area contributed by atoms with Gasteiger partial charge in [-0.15, -0.1) is 5.10 Å². The zero-order chi connectivity index (χ0) is 16.1. The topological polar surface area (TPSA) is 85.5 Å². The fourth-order valence-electron chi connectivity index (χ4n) is 2.25. The Morgan fingerprint density at radius 1 is 1.32 bits per heavy atom. The Bertz CT molecular complexity index is 624. The SMILES string of the molecule is CCN(CC)c1ccc(C2=NN=C(SCC(=O)O)C2)c(O)c1. The van der Waals surface area contributed by atoms with E-state index in [-0.39, 0.29) is 11.5 Å². The number of hydrogen-bond acceptors (Lipinski definition) is 6. The molecule has 0 fully saturated rings. The van der Waals surface area contributed by atoms with E-state index in [0.717, 1.165) is 30.5 Å². The number of aromatic hydroxyl groups is 1. The van der Waals surface area contributed by atoms with Crippen LogP contribution in [-0.4, -0.2) is 45.8 Å². The fraction of sp³-hybridized carbons (Fsp3) is 0.400. The second-order valence-electron chi connectivity index (χ2n) is 4.77. The van der Waals surface area contributed by atoms with Crippen molar-refractivity contribution in [2.75, 3.05) is 23.7 Å². The number of anilines is 1. The Balaban J connectivity index is 2.07. The number of carboxylic acids is 1. The van der Waals surface area contributed by atoms with Gasteiger partial charge in [-0.3, -0.25) is 4.79 Å². The van der Waals surface area contributed by atoms with Crippen molar-refractivity contribution >= 4 is 34.2 Å². The van der Waals surface area contributed by atoms with Crippen LogP contribution < -0.4 is 4.90 Å². The van der Waals surface area contributed by atoms with Gasteiger partial charge in [0.15, 0.2) is 0 Å². The molecule has 0 amide bonds. The zero-order valence-corrected chi connectivity index (χ0v) is 13.4. The zero-order valence-electron chi connectivity index (χ0n) is 12.6. The summed E-state index contributed by atoms with van der Waals surface area (Å²) < 4.78 is 0. The van der Waals surface area contributed by atoms with Crippen molar-refractivity contribution in [2.24, 2.45) is 10.2 Å². The van der Waals surface area contributed by atoms with Gasteiger partial charge < -0.3 is 15.1 Å². The second kappa shape index (κ2) is 7.31. The largest absolute Gasteiger partial charge is 0.507 e. The number of carboxylic acid groups (broad SMARTS) is 1. The van der Waals surface area contributed by atoms with Crippen molar-refractivity contribution in [3.63, 3.8) is 0 Å². The number of hydrogen-bond donors (Lipinski definition) is 2. The van der Waals surface area contributed by atoms with E-state index in [2.05, 4.69) is 29.0 Å². The fourth-order valence-corrected chi connectivity index (χ4v) is 2.88. The van der Waals surface area contributed by atoms with Crippen LogP contribution in [0.25, 0.3) is 0 Å². The van der Waals surface area contributed by atoms with E-state index in [1.54, 1.807) is 6.07 Å². The van der Waals surface area contributed by atoms with Crippen LogP contribution in [0.2, 0.25) is 0 Å². The lowest BCUT2D eigenvalue weighted by Crippen LogP contribution is -2.21. The summed E-state index contributed by atoms with van der Waals surface area (Å²) in [5.74, 6) is -0.746. The molecule has 6 nitrogen and oxygen atoms in total. The molecule has 0 aliphatic carbocycles. The Hall–Kier alpha value is -2.02. The van der Waals surface area contributed by atoms with Crippen LogP contribution in [0.1, 0.15) is 25.8 Å². The van der Waals surface area contributed by atoms with Gasteiger partial charge in [-0.25, -0.2) is 0 Å². The summed E-state index contributed by atoms with van der Waals surface area (Å²) in [6, 6.07) is 5.52. The first-order valence-corrected chi connectivity index (χ1v) is 8.10. The maximum Gasteiger partial charge on any atom is 0.313 e. The third-order valence-electron chi connectivity index (χ3n) is 3.38. The number of phenols is 1. The van der Waals surface area contributed by atoms with Crippen molar-refractivity contribution in [2.45, 2.75) is 20.3 Å². The van der Waals surface area contributed by atoms with Crippen molar-refractivity contribution < 1.29 is 15.0 Å². The van der Waals surface area contributed by atoms with Gasteiger partial charge in [0.25, 0.3) is 0 Å². The molecule has 1 heterocycles. The monoisotopic (exact) mass is 321 g/mol. The van der Waals surface area contributed by atoms with E-state index in [1.807, 2.05) is 12.1 Å². The third kappa shape index (κ3) is 3.79. The third-order valence-corrected chi connectivity index (χ3v) is 4.33. The highest BCUT2D eigenvalue weighted by atomic mass is 32.2. The second-order valence-corrected chi connectivity index (χ2v) is 5.82. The highest BCUT2D eigenvalue weighted by molar-refractivity contribution is 8.14. The Kier molecular flexibility index (Phi) is 5.43. The van der Waals surface area contributed by atoms with Crippen LogP contribution in [0.4, 0.5) is 5.69 Å². The predicted molar refractivity (Wildman–Crippen MR) is 90.4 cm³/mol. The van der Waals surface area contributed by atoms with E-state index in [1.165, 1.54) is 0 Å². The number of aliphatic carboxylic acids is 1. The lowest BCUT2D eigenvalue weighted by Gasteiger charge is -2.21. The summed E-state index contributed by atoms with van der Waals surface area (Å²) in [4.78, 5) is 12.7. The Morgan fingerprint density at radius 2 is 2.05 bits per heavy atom. The molecule has 0 aromatic heterocycles. The quantitative estimate of drug-likeness (QED) is 0.841. The molecule has 0 saturated carbocycles. The molecule has 2 N–H and O–H groups in total. The molecule has 1 aromatic rings. The molecule has 0 atom stereocenters. The Labute approximate surface area is 133 Å². The summed E-state index contributed by atoms with van der Waals surface area (Å²) in [5, 5.41) is 27.6. The van der Waals surface area contributed by atoms with Gasteiger partial charge in [0.1, 0.15) is 10.8 Å². The summed E-state index contributed by atoms with van der Waals surface area (Å²) >= 11 is 1.16. The average Bonchev–Trinajstić information content (AvgIpc) is 2.95. The minimum absolute atomic E-state index is 0.0332. The van der Waals surface area contributed by atoms with E-state index in [0.29, 0.717) is 22.7 Å². The number of benzene rings is 1. The lowest BCUT2D eigenvalue weighted by molar-refractivity contribution is -0.133. The van der Waals surface area contributed by atoms with Crippen LogP contribution in [0, 0.1) is 0 Å². The molecular formula is C15H19N3O3S. The molecular weight excluding hydrogens is 302 g/mol. The summed E-state index contributed by atoms with van der Waals surface area (Å²) in [6.07, 6.45) is 0.454. The smallest absolute Gasteiger partial charge is 0.313 e. The molecule has 2 rings (SSSR count). The minimum Gasteiger partial charge on any atom is -0.507 e. The van der Waals surface area contributed by atoms with Crippen LogP contribution in [-0.2, 0) is 4.79 Å². The van der Waals surface area contributed by atoms with Gasteiger partial charge in [0.2, 0.25) is 0 Å². The maximum absolute atomic E-state index is 10.6. The molecule has 0 radical (unpaired) electrons. The predicted octanol–water partition coefficient (Wildman–Crippen LogP) is 2.56. The van der Waals surface area contributed by atoms with E-state index < -0.39 is 5.97 Å². The molecule has 0 bridgehead atoms. The van der Waals surface area contributed by atoms with Crippen LogP contribution in [0.15, 0.2) is 28.4 Å². The van der Waals surface area contributed by atoms with Crippen molar-refractivity contribution in [1.82, 2.24) is 0 Å². The maximum atomic E-state index is 10.6. The van der Waals surface area contributed by atoms with Crippen LogP contribution >= 0.6 is 11.8 Å². The standard InChI is InChI=1S/C15H19N3O3S/c1-3-18(4-2)10-5-6-11(13(19)7-10)12-8-14(17-16-12)22-9-15(20)21/h5-7,19H,3-4,8-9H2,1-2H3,(H,20,21). The number of thioether (sulfide) groups is 1. The molecule has 7 heteroatoms. The molecule has 22 heavy (non-hydrogen) atoms. The lowest BCUT2D eigenvalue weighted by atomic mass is 10.1. The van der Waals surface area contributed by atoms with Crippen LogP contribution in [0.3, 0.4) is 0 Å². The average molecular weight is 321 g/mol. The molecule has 1 aliphatic rings. The molecule has 1 aliphatic heterocycles. The molecule has 0 unspecified atom stereocenters. The molecule has 1 aromatic carbocycles. The highest BCUT2D eigenvalue weighted by Gasteiger charge is 2.19. The van der Waals surface area contributed by atoms with Crippen molar-refractivity contribution in [3.8, 4) is 5.75 Å². The highest BCUT2D eigenvalue weighted by Crippen LogP contribution is 2.28. The minimum atomic E-state index is -0.882. The summed E-state index contributed by atoms with van der Waals surface area (Å²) in [6.45, 7) is 5.87. The Morgan fingerprint density at radius 3 is 2.64 bits per heavy atom.